The Morgan fingerprint density at radius 1 is 0.829 bits per heavy atom. The Kier molecular flexibility index (Phi) is 7.48. The molecule has 0 aliphatic rings. The highest BCUT2D eigenvalue weighted by atomic mass is 16.5. The zero-order chi connectivity index (χ0) is 24.6. The zero-order valence-electron chi connectivity index (χ0n) is 19.4. The van der Waals surface area contributed by atoms with Crippen LogP contribution in [0.3, 0.4) is 0 Å². The van der Waals surface area contributed by atoms with E-state index in [1.165, 1.54) is 12.1 Å². The third kappa shape index (κ3) is 6.09. The summed E-state index contributed by atoms with van der Waals surface area (Å²) in [4.78, 5) is 12.6. The first-order chi connectivity index (χ1) is 17.0. The van der Waals surface area contributed by atoms with E-state index in [-0.39, 0.29) is 17.4 Å². The molecule has 0 aliphatic carbocycles. The summed E-state index contributed by atoms with van der Waals surface area (Å²) in [5.41, 5.74) is 5.77. The van der Waals surface area contributed by atoms with Gasteiger partial charge in [-0.15, -0.1) is 0 Å². The number of hydrogen-bond donors (Lipinski definition) is 3. The van der Waals surface area contributed by atoms with Gasteiger partial charge in [0.25, 0.3) is 0 Å². The summed E-state index contributed by atoms with van der Waals surface area (Å²) in [6.07, 6.45) is 4.16. The second-order valence-corrected chi connectivity index (χ2v) is 8.13. The molecule has 4 rings (SSSR count). The first-order valence-corrected chi connectivity index (χ1v) is 11.3. The summed E-state index contributed by atoms with van der Waals surface area (Å²) >= 11 is 0. The number of rotatable bonds is 8. The van der Waals surface area contributed by atoms with Crippen molar-refractivity contribution in [2.45, 2.75) is 13.0 Å². The Bertz CT molecular complexity index is 1340. The first kappa shape index (κ1) is 23.6. The molecule has 4 aromatic rings. The molecule has 0 saturated heterocycles. The maximum atomic E-state index is 12.6. The van der Waals surface area contributed by atoms with Gasteiger partial charge in [-0.05, 0) is 57.6 Å². The van der Waals surface area contributed by atoms with Crippen LogP contribution in [0.5, 0.6) is 17.2 Å². The summed E-state index contributed by atoms with van der Waals surface area (Å²) in [6.45, 7) is 0.412. The number of methoxy groups -OCH3 is 1. The van der Waals surface area contributed by atoms with Gasteiger partial charge in [-0.1, -0.05) is 78.9 Å². The summed E-state index contributed by atoms with van der Waals surface area (Å²) in [6, 6.07) is 28.2. The van der Waals surface area contributed by atoms with E-state index in [1.807, 2.05) is 84.9 Å². The molecule has 0 bridgehead atoms. The van der Waals surface area contributed by atoms with E-state index in [1.54, 1.807) is 13.2 Å². The van der Waals surface area contributed by atoms with Crippen LogP contribution in [0, 0.1) is 0 Å². The molecule has 0 heterocycles. The molecule has 176 valence electrons. The number of aromatic hydroxyl groups is 2. The lowest BCUT2D eigenvalue weighted by atomic mass is 9.94. The number of nitrogens with one attached hydrogen (secondary N) is 1. The Hall–Kier alpha value is -4.51. The lowest BCUT2D eigenvalue weighted by Crippen LogP contribution is -2.24. The SMILES string of the molecule is COc1ccc(CC(=O)NCc2ccccc2-c2ccccc2C=Cc2ccc(O)c(O)c2)cc1. The smallest absolute Gasteiger partial charge is 0.224 e. The average Bonchev–Trinajstić information content (AvgIpc) is 2.89. The van der Waals surface area contributed by atoms with Gasteiger partial charge >= 0.3 is 0 Å². The van der Waals surface area contributed by atoms with Crippen LogP contribution in [0.2, 0.25) is 0 Å². The van der Waals surface area contributed by atoms with Crippen LogP contribution < -0.4 is 10.1 Å². The number of amides is 1. The van der Waals surface area contributed by atoms with E-state index in [0.29, 0.717) is 13.0 Å². The number of ether oxygens (including phenoxy) is 1. The molecular weight excluding hydrogens is 438 g/mol. The Labute approximate surface area is 205 Å². The van der Waals surface area contributed by atoms with E-state index in [4.69, 9.17) is 4.74 Å². The van der Waals surface area contributed by atoms with Crippen LogP contribution in [0.15, 0.2) is 91.0 Å². The number of carbonyl (C=O) groups is 1. The van der Waals surface area contributed by atoms with Crippen molar-refractivity contribution in [1.29, 1.82) is 0 Å². The maximum Gasteiger partial charge on any atom is 0.224 e. The average molecular weight is 466 g/mol. The summed E-state index contributed by atoms with van der Waals surface area (Å²) in [7, 11) is 1.62. The minimum atomic E-state index is -0.156. The highest BCUT2D eigenvalue weighted by Gasteiger charge is 2.10. The van der Waals surface area contributed by atoms with E-state index in [2.05, 4.69) is 5.32 Å². The van der Waals surface area contributed by atoms with Crippen LogP contribution in [0.4, 0.5) is 0 Å². The highest BCUT2D eigenvalue weighted by molar-refractivity contribution is 5.83. The van der Waals surface area contributed by atoms with Gasteiger partial charge in [0, 0.05) is 6.54 Å². The monoisotopic (exact) mass is 465 g/mol. The van der Waals surface area contributed by atoms with Crippen LogP contribution in [-0.4, -0.2) is 23.2 Å². The molecule has 0 aliphatic heterocycles. The first-order valence-electron chi connectivity index (χ1n) is 11.3. The van der Waals surface area contributed by atoms with Crippen molar-refractivity contribution in [2.24, 2.45) is 0 Å². The van der Waals surface area contributed by atoms with Crippen LogP contribution in [0.25, 0.3) is 23.3 Å². The van der Waals surface area contributed by atoms with Crippen molar-refractivity contribution in [2.75, 3.05) is 7.11 Å². The molecule has 5 heteroatoms. The van der Waals surface area contributed by atoms with Gasteiger partial charge in [0.1, 0.15) is 5.75 Å². The standard InChI is InChI=1S/C30H27NO4/c1-35-25-15-11-22(12-16-25)19-30(34)31-20-24-7-3-5-9-27(24)26-8-4-2-6-23(26)14-10-21-13-17-28(32)29(33)18-21/h2-18,32-33H,19-20H2,1H3,(H,31,34). The number of carbonyl (C=O) groups excluding carboxylic acids is 1. The molecule has 0 radical (unpaired) electrons. The van der Waals surface area contributed by atoms with Gasteiger partial charge in [-0.25, -0.2) is 0 Å². The van der Waals surface area contributed by atoms with Crippen LogP contribution in [-0.2, 0) is 17.8 Å². The fraction of sp³-hybridized carbons (Fsp3) is 0.100. The van der Waals surface area contributed by atoms with E-state index in [0.717, 1.165) is 39.1 Å². The molecule has 1 amide bonds. The number of phenolic OH excluding ortho intramolecular Hbond substituents is 2. The van der Waals surface area contributed by atoms with Crippen molar-refractivity contribution in [3.63, 3.8) is 0 Å². The largest absolute Gasteiger partial charge is 0.504 e. The third-order valence-corrected chi connectivity index (χ3v) is 5.72. The third-order valence-electron chi connectivity index (χ3n) is 5.72. The zero-order valence-corrected chi connectivity index (χ0v) is 19.4. The van der Waals surface area contributed by atoms with E-state index >= 15 is 0 Å². The number of hydrogen-bond acceptors (Lipinski definition) is 4. The van der Waals surface area contributed by atoms with Gasteiger partial charge in [-0.2, -0.15) is 0 Å². The molecule has 0 unspecified atom stereocenters. The molecule has 0 saturated carbocycles. The van der Waals surface area contributed by atoms with Crippen molar-refractivity contribution >= 4 is 18.1 Å². The lowest BCUT2D eigenvalue weighted by Gasteiger charge is -2.13. The van der Waals surface area contributed by atoms with Crippen molar-refractivity contribution < 1.29 is 19.7 Å². The predicted molar refractivity (Wildman–Crippen MR) is 139 cm³/mol. The van der Waals surface area contributed by atoms with E-state index < -0.39 is 0 Å². The van der Waals surface area contributed by atoms with E-state index in [9.17, 15) is 15.0 Å². The summed E-state index contributed by atoms with van der Waals surface area (Å²) in [5, 5.41) is 22.3. The molecule has 0 atom stereocenters. The quantitative estimate of drug-likeness (QED) is 0.227. The number of benzene rings is 4. The topological polar surface area (TPSA) is 78.8 Å². The Morgan fingerprint density at radius 3 is 2.29 bits per heavy atom. The molecule has 0 aromatic heterocycles. The summed E-state index contributed by atoms with van der Waals surface area (Å²) < 4.78 is 5.17. The predicted octanol–water partition coefficient (Wildman–Crippen LogP) is 5.80. The fourth-order valence-electron chi connectivity index (χ4n) is 3.84. The van der Waals surface area contributed by atoms with Crippen molar-refractivity contribution in [3.8, 4) is 28.4 Å². The number of phenols is 2. The minimum absolute atomic E-state index is 0.0507. The molecular formula is C30H27NO4. The van der Waals surface area contributed by atoms with Crippen molar-refractivity contribution in [3.05, 3.63) is 113 Å². The molecule has 0 spiro atoms. The molecule has 3 N–H and O–H groups in total. The fourth-order valence-corrected chi connectivity index (χ4v) is 3.84. The van der Waals surface area contributed by atoms with Gasteiger partial charge in [0.2, 0.25) is 5.91 Å². The van der Waals surface area contributed by atoms with Gasteiger partial charge in [0.05, 0.1) is 13.5 Å². The molecule has 0 fully saturated rings. The van der Waals surface area contributed by atoms with Gasteiger partial charge < -0.3 is 20.3 Å². The molecule has 4 aromatic carbocycles. The van der Waals surface area contributed by atoms with Gasteiger partial charge in [0.15, 0.2) is 11.5 Å². The Morgan fingerprint density at radius 2 is 1.54 bits per heavy atom. The van der Waals surface area contributed by atoms with Crippen LogP contribution in [0.1, 0.15) is 22.3 Å². The summed E-state index contributed by atoms with van der Waals surface area (Å²) in [5.74, 6) is 0.407. The van der Waals surface area contributed by atoms with Crippen LogP contribution >= 0.6 is 0 Å². The molecule has 5 nitrogen and oxygen atoms in total. The minimum Gasteiger partial charge on any atom is -0.504 e. The Balaban J connectivity index is 1.51. The maximum absolute atomic E-state index is 12.6. The highest BCUT2D eigenvalue weighted by Crippen LogP contribution is 2.30. The lowest BCUT2D eigenvalue weighted by molar-refractivity contribution is -0.120. The van der Waals surface area contributed by atoms with Crippen molar-refractivity contribution in [1.82, 2.24) is 5.32 Å². The second-order valence-electron chi connectivity index (χ2n) is 8.13. The normalized spacial score (nSPS) is 10.9. The second kappa shape index (κ2) is 11.1. The molecule has 35 heavy (non-hydrogen) atoms. The van der Waals surface area contributed by atoms with Gasteiger partial charge in [-0.3, -0.25) is 4.79 Å².